The van der Waals surface area contributed by atoms with Crippen molar-refractivity contribution in [3.63, 3.8) is 0 Å². The van der Waals surface area contributed by atoms with Crippen LogP contribution < -0.4 is 11.1 Å². The number of nitrogens with one attached hydrogen (secondary N) is 1. The van der Waals surface area contributed by atoms with Crippen LogP contribution in [0.2, 0.25) is 5.02 Å². The smallest absolute Gasteiger partial charge is 0.255 e. The van der Waals surface area contributed by atoms with Gasteiger partial charge in [0.15, 0.2) is 11.4 Å². The van der Waals surface area contributed by atoms with Crippen LogP contribution in [0.15, 0.2) is 28.7 Å². The molecule has 3 saturated carbocycles. The van der Waals surface area contributed by atoms with Gasteiger partial charge in [0.05, 0.1) is 11.6 Å². The number of amides is 1. The Morgan fingerprint density at radius 2 is 1.83 bits per heavy atom. The molecule has 0 aliphatic heterocycles. The minimum Gasteiger partial charge on any atom is -0.510 e. The molecule has 0 spiro atoms. The molecule has 0 radical (unpaired) electrons. The molecule has 7 atom stereocenters. The number of ketones is 2. The third kappa shape index (κ3) is 3.77. The summed E-state index contributed by atoms with van der Waals surface area (Å²) in [4.78, 5) is 40.9. The van der Waals surface area contributed by atoms with E-state index in [-0.39, 0.29) is 29.7 Å². The fourth-order valence-electron chi connectivity index (χ4n) is 8.89. The van der Waals surface area contributed by atoms with Gasteiger partial charge in [0.2, 0.25) is 5.78 Å². The van der Waals surface area contributed by atoms with Crippen molar-refractivity contribution in [2.75, 3.05) is 20.6 Å². The molecule has 10 nitrogen and oxygen atoms in total. The van der Waals surface area contributed by atoms with Crippen LogP contribution in [0.25, 0.3) is 0 Å². The van der Waals surface area contributed by atoms with Gasteiger partial charge in [-0.1, -0.05) is 25.4 Å². The number of hydrogen-bond donors (Lipinski definition) is 6. The molecule has 226 valence electrons. The molecule has 3 fully saturated rings. The second kappa shape index (κ2) is 9.54. The molecular weight excluding hydrogens is 562 g/mol. The molecule has 6 aliphatic carbocycles. The van der Waals surface area contributed by atoms with Gasteiger partial charge in [-0.15, -0.1) is 0 Å². The van der Waals surface area contributed by atoms with Gasteiger partial charge >= 0.3 is 0 Å². The Morgan fingerprint density at radius 1 is 1.14 bits per heavy atom. The van der Waals surface area contributed by atoms with Gasteiger partial charge in [-0.2, -0.15) is 0 Å². The largest absolute Gasteiger partial charge is 0.510 e. The number of allylic oxidation sites excluding steroid dienone is 1. The average Bonchev–Trinajstić information content (AvgIpc) is 3.45. The number of primary amides is 1. The maximum atomic E-state index is 13.8. The summed E-state index contributed by atoms with van der Waals surface area (Å²) in [7, 11) is 3.19. The zero-order valence-electron chi connectivity index (χ0n) is 24.2. The highest BCUT2D eigenvalue weighted by molar-refractivity contribution is 6.33. The summed E-state index contributed by atoms with van der Waals surface area (Å²) in [6, 6.07) is 0.407. The number of fused-ring (bicyclic) bond motifs is 4. The lowest BCUT2D eigenvalue weighted by Gasteiger charge is -2.50. The molecule has 2 bridgehead atoms. The molecule has 11 heteroatoms. The molecule has 1 aromatic carbocycles. The highest BCUT2D eigenvalue weighted by Crippen LogP contribution is 2.64. The molecule has 1 amide bonds. The Morgan fingerprint density at radius 3 is 2.40 bits per heavy atom. The summed E-state index contributed by atoms with van der Waals surface area (Å²) in [5, 5.41) is 48.8. The van der Waals surface area contributed by atoms with Crippen molar-refractivity contribution < 1.29 is 34.8 Å². The number of phenolic OH excluding ortho intramolecular Hbond substituents is 1. The van der Waals surface area contributed by atoms with Gasteiger partial charge in [0, 0.05) is 23.1 Å². The SMILES string of the molecule is CN(C)[C@@H]1C(O)=C(C(N)=O)C(=O)[C@@]2(O)C(O)=C3C(=O)c4c(O)cc(CNC[C@H]5CC6CC5C6(C)C)c(Cl)c4C[C@H]3C[C@@H]12. The molecule has 0 aromatic heterocycles. The number of rotatable bonds is 6. The van der Waals surface area contributed by atoms with Crippen LogP contribution >= 0.6 is 11.6 Å². The first-order chi connectivity index (χ1) is 19.6. The summed E-state index contributed by atoms with van der Waals surface area (Å²) in [6.45, 7) is 5.93. The van der Waals surface area contributed by atoms with Gasteiger partial charge in [0.1, 0.15) is 22.8 Å². The van der Waals surface area contributed by atoms with E-state index in [1.807, 2.05) is 0 Å². The van der Waals surface area contributed by atoms with E-state index in [1.54, 1.807) is 14.1 Å². The van der Waals surface area contributed by atoms with Crippen LogP contribution in [-0.2, 0) is 22.6 Å². The molecule has 1 aromatic rings. The summed E-state index contributed by atoms with van der Waals surface area (Å²) < 4.78 is 0. The molecule has 0 saturated heterocycles. The van der Waals surface area contributed by atoms with E-state index in [4.69, 9.17) is 17.3 Å². The Labute approximate surface area is 249 Å². The highest BCUT2D eigenvalue weighted by atomic mass is 35.5. The number of aromatic hydroxyl groups is 1. The lowest BCUT2D eigenvalue weighted by atomic mass is 9.58. The van der Waals surface area contributed by atoms with Gasteiger partial charge in [0.25, 0.3) is 5.91 Å². The summed E-state index contributed by atoms with van der Waals surface area (Å²) in [5.74, 6) is -4.72. The third-order valence-electron chi connectivity index (χ3n) is 11.2. The second-order valence-corrected chi connectivity index (χ2v) is 14.1. The highest BCUT2D eigenvalue weighted by Gasteiger charge is 2.63. The van der Waals surface area contributed by atoms with Gasteiger partial charge < -0.3 is 31.5 Å². The van der Waals surface area contributed by atoms with E-state index in [9.17, 15) is 34.8 Å². The number of aliphatic hydroxyl groups is 3. The summed E-state index contributed by atoms with van der Waals surface area (Å²) in [5.41, 5.74) is 3.09. The third-order valence-corrected chi connectivity index (χ3v) is 11.6. The number of carbonyl (C=O) groups excluding carboxylic acids is 3. The van der Waals surface area contributed by atoms with E-state index < -0.39 is 58.0 Å². The van der Waals surface area contributed by atoms with Crippen molar-refractivity contribution in [1.29, 1.82) is 0 Å². The van der Waals surface area contributed by atoms with Crippen LogP contribution in [0.1, 0.15) is 54.6 Å². The quantitative estimate of drug-likeness (QED) is 0.269. The number of halogens is 1. The van der Waals surface area contributed by atoms with Crippen LogP contribution in [0.5, 0.6) is 5.75 Å². The lowest BCUT2D eigenvalue weighted by Crippen LogP contribution is -2.63. The van der Waals surface area contributed by atoms with Crippen molar-refractivity contribution in [2.24, 2.45) is 40.7 Å². The standard InChI is InChI=1S/C31H38ClN3O7/c1-30(2)15-5-13(17(30)9-15)10-34-11-14-8-19(36)21-16(23(14)32)6-12-7-18-24(35(3)4)26(38)22(29(33)41)28(40)31(18,42)27(39)20(12)25(21)37/h8,12-13,15,17-18,24,34,36,38-39,42H,5-7,9-11H2,1-4H3,(H2,33,41)/t12-,13+,15?,17?,18-,24-,31-/m0/s1. The number of benzene rings is 1. The van der Waals surface area contributed by atoms with Crippen molar-refractivity contribution in [3.05, 3.63) is 50.4 Å². The molecule has 2 unspecified atom stereocenters. The first kappa shape index (κ1) is 29.2. The second-order valence-electron chi connectivity index (χ2n) is 13.7. The van der Waals surface area contributed by atoms with E-state index in [0.717, 1.165) is 12.5 Å². The van der Waals surface area contributed by atoms with E-state index in [1.165, 1.54) is 23.8 Å². The van der Waals surface area contributed by atoms with Crippen molar-refractivity contribution in [1.82, 2.24) is 10.2 Å². The lowest BCUT2D eigenvalue weighted by molar-refractivity contribution is -0.148. The van der Waals surface area contributed by atoms with Crippen molar-refractivity contribution in [3.8, 4) is 5.75 Å². The monoisotopic (exact) mass is 599 g/mol. The van der Waals surface area contributed by atoms with Gasteiger partial charge in [-0.05, 0) is 92.6 Å². The first-order valence-corrected chi connectivity index (χ1v) is 14.9. The number of carbonyl (C=O) groups is 3. The minimum absolute atomic E-state index is 0.0192. The first-order valence-electron chi connectivity index (χ1n) is 14.5. The normalized spacial score (nSPS) is 34.7. The summed E-state index contributed by atoms with van der Waals surface area (Å²) in [6.07, 6.45) is 2.67. The molecule has 42 heavy (non-hydrogen) atoms. The molecular formula is C31H38ClN3O7. The number of Topliss-reactive ketones (excluding diaryl/α,β-unsaturated/α-hetero) is 2. The minimum atomic E-state index is -2.66. The summed E-state index contributed by atoms with van der Waals surface area (Å²) >= 11 is 6.86. The predicted molar refractivity (Wildman–Crippen MR) is 154 cm³/mol. The number of nitrogens with zero attached hydrogens (tertiary/aromatic N) is 1. The molecule has 7 N–H and O–H groups in total. The van der Waals surface area contributed by atoms with Crippen molar-refractivity contribution >= 4 is 29.1 Å². The van der Waals surface area contributed by atoms with Gasteiger partial charge in [-0.3, -0.25) is 19.3 Å². The number of nitrogens with two attached hydrogens (primary N) is 1. The predicted octanol–water partition coefficient (Wildman–Crippen LogP) is 2.55. The Kier molecular flexibility index (Phi) is 6.63. The van der Waals surface area contributed by atoms with Gasteiger partial charge in [-0.25, -0.2) is 0 Å². The molecule has 6 aliphatic rings. The maximum Gasteiger partial charge on any atom is 0.255 e. The Bertz CT molecular complexity index is 1500. The Balaban J connectivity index is 1.33. The van der Waals surface area contributed by atoms with Crippen LogP contribution in [0.4, 0.5) is 0 Å². The molecule has 0 heterocycles. The van der Waals surface area contributed by atoms with E-state index >= 15 is 0 Å². The average molecular weight is 600 g/mol. The number of phenols is 1. The van der Waals surface area contributed by atoms with E-state index in [0.29, 0.717) is 39.9 Å². The zero-order valence-corrected chi connectivity index (χ0v) is 25.0. The van der Waals surface area contributed by atoms with E-state index in [2.05, 4.69) is 19.2 Å². The number of likely N-dealkylation sites (N-methyl/N-ethyl adjacent to an activating group) is 1. The van der Waals surface area contributed by atoms with Crippen LogP contribution in [0, 0.1) is 35.0 Å². The number of aliphatic hydroxyl groups excluding tert-OH is 2. The van der Waals surface area contributed by atoms with Crippen LogP contribution in [0.3, 0.4) is 0 Å². The topological polar surface area (TPSA) is 173 Å². The van der Waals surface area contributed by atoms with Crippen LogP contribution in [-0.4, -0.2) is 75.1 Å². The van der Waals surface area contributed by atoms with Crippen molar-refractivity contribution in [2.45, 2.75) is 57.7 Å². The number of hydrogen-bond acceptors (Lipinski definition) is 9. The fourth-order valence-corrected chi connectivity index (χ4v) is 9.18. The fraction of sp³-hybridized carbons (Fsp3) is 0.581. The molecule has 7 rings (SSSR count). The Hall–Kier alpha value is -2.92. The maximum absolute atomic E-state index is 13.8. The zero-order chi connectivity index (χ0) is 30.6.